The standard InChI is InChI=1S/C19H19ClO5/c1-23-19(22)11-4-14-2-7-17(8-3-14)24-12-16(21)13-25-18-9-5-15(20)6-10-18/h2-11,16,21H,12-13H2,1H3. The molecule has 0 aromatic heterocycles. The third kappa shape index (κ3) is 6.87. The summed E-state index contributed by atoms with van der Waals surface area (Å²) in [5.74, 6) is 0.829. The van der Waals surface area contributed by atoms with Crippen molar-refractivity contribution in [3.8, 4) is 11.5 Å². The first-order valence-electron chi connectivity index (χ1n) is 7.62. The molecule has 0 aliphatic heterocycles. The number of carbonyl (C=O) groups excluding carboxylic acids is 1. The lowest BCUT2D eigenvalue weighted by Crippen LogP contribution is -2.25. The highest BCUT2D eigenvalue weighted by molar-refractivity contribution is 6.30. The van der Waals surface area contributed by atoms with Gasteiger partial charge in [0, 0.05) is 11.1 Å². The van der Waals surface area contributed by atoms with Crippen LogP contribution in [0.15, 0.2) is 54.6 Å². The van der Waals surface area contributed by atoms with Gasteiger partial charge in [-0.1, -0.05) is 23.7 Å². The van der Waals surface area contributed by atoms with Crippen molar-refractivity contribution in [3.63, 3.8) is 0 Å². The molecular formula is C19H19ClO5. The Hall–Kier alpha value is -2.50. The van der Waals surface area contributed by atoms with Crippen molar-refractivity contribution in [2.24, 2.45) is 0 Å². The van der Waals surface area contributed by atoms with Gasteiger partial charge in [-0.15, -0.1) is 0 Å². The molecule has 2 aromatic rings. The Labute approximate surface area is 151 Å². The van der Waals surface area contributed by atoms with Gasteiger partial charge in [0.2, 0.25) is 0 Å². The monoisotopic (exact) mass is 362 g/mol. The van der Waals surface area contributed by atoms with Crippen LogP contribution in [0.25, 0.3) is 6.08 Å². The lowest BCUT2D eigenvalue weighted by molar-refractivity contribution is -0.134. The Morgan fingerprint density at radius 2 is 1.56 bits per heavy atom. The van der Waals surface area contributed by atoms with Crippen molar-refractivity contribution in [1.82, 2.24) is 0 Å². The van der Waals surface area contributed by atoms with Gasteiger partial charge in [-0.05, 0) is 48.0 Å². The fraction of sp³-hybridized carbons (Fsp3) is 0.211. The molecular weight excluding hydrogens is 344 g/mol. The van der Waals surface area contributed by atoms with Crippen LogP contribution in [0, 0.1) is 0 Å². The van der Waals surface area contributed by atoms with Crippen molar-refractivity contribution in [1.29, 1.82) is 0 Å². The molecule has 0 heterocycles. The number of benzene rings is 2. The number of halogens is 1. The van der Waals surface area contributed by atoms with Gasteiger partial charge >= 0.3 is 5.97 Å². The third-order valence-corrected chi connectivity index (χ3v) is 3.44. The van der Waals surface area contributed by atoms with Crippen molar-refractivity contribution >= 4 is 23.6 Å². The molecule has 6 heteroatoms. The number of hydrogen-bond acceptors (Lipinski definition) is 5. The normalized spacial score (nSPS) is 12.0. The Bertz CT molecular complexity index is 695. The van der Waals surface area contributed by atoms with E-state index in [1.807, 2.05) is 0 Å². The number of esters is 1. The maximum Gasteiger partial charge on any atom is 0.330 e. The summed E-state index contributed by atoms with van der Waals surface area (Å²) >= 11 is 5.79. The van der Waals surface area contributed by atoms with Crippen LogP contribution in [0.1, 0.15) is 5.56 Å². The molecule has 5 nitrogen and oxygen atoms in total. The highest BCUT2D eigenvalue weighted by atomic mass is 35.5. The maximum absolute atomic E-state index is 11.0. The van der Waals surface area contributed by atoms with Crippen LogP contribution < -0.4 is 9.47 Å². The van der Waals surface area contributed by atoms with Crippen LogP contribution in [0.2, 0.25) is 5.02 Å². The quantitative estimate of drug-likeness (QED) is 0.576. The Balaban J connectivity index is 1.75. The average Bonchev–Trinajstić information content (AvgIpc) is 2.64. The maximum atomic E-state index is 11.0. The highest BCUT2D eigenvalue weighted by Gasteiger charge is 2.07. The number of rotatable bonds is 8. The summed E-state index contributed by atoms with van der Waals surface area (Å²) in [6.07, 6.45) is 2.22. The van der Waals surface area contributed by atoms with Gasteiger partial charge in [-0.3, -0.25) is 0 Å². The molecule has 132 valence electrons. The number of methoxy groups -OCH3 is 1. The van der Waals surface area contributed by atoms with Crippen molar-refractivity contribution in [2.75, 3.05) is 20.3 Å². The second-order valence-corrected chi connectivity index (χ2v) is 5.59. The molecule has 0 fully saturated rings. The van der Waals surface area contributed by atoms with Gasteiger partial charge in [0.1, 0.15) is 30.8 Å². The fourth-order valence-electron chi connectivity index (χ4n) is 1.87. The van der Waals surface area contributed by atoms with Crippen LogP contribution in [0.4, 0.5) is 0 Å². The third-order valence-electron chi connectivity index (χ3n) is 3.19. The van der Waals surface area contributed by atoms with Gasteiger partial charge in [-0.25, -0.2) is 4.79 Å². The molecule has 1 N–H and O–H groups in total. The molecule has 2 aromatic carbocycles. The molecule has 0 aliphatic rings. The van der Waals surface area contributed by atoms with Crippen molar-refractivity contribution < 1.29 is 24.1 Å². The van der Waals surface area contributed by atoms with E-state index in [9.17, 15) is 9.90 Å². The molecule has 1 unspecified atom stereocenters. The van der Waals surface area contributed by atoms with E-state index in [4.69, 9.17) is 21.1 Å². The van der Waals surface area contributed by atoms with E-state index in [2.05, 4.69) is 4.74 Å². The minimum Gasteiger partial charge on any atom is -0.491 e. The summed E-state index contributed by atoms with van der Waals surface area (Å²) < 4.78 is 15.5. The highest BCUT2D eigenvalue weighted by Crippen LogP contribution is 2.16. The second kappa shape index (κ2) is 9.71. The van der Waals surface area contributed by atoms with Crippen molar-refractivity contribution in [2.45, 2.75) is 6.10 Å². The first kappa shape index (κ1) is 18.8. The van der Waals surface area contributed by atoms with Crippen LogP contribution in [0.5, 0.6) is 11.5 Å². The average molecular weight is 363 g/mol. The van der Waals surface area contributed by atoms with Gasteiger partial charge in [0.15, 0.2) is 0 Å². The molecule has 0 amide bonds. The molecule has 0 aliphatic carbocycles. The summed E-state index contributed by atoms with van der Waals surface area (Å²) in [5, 5.41) is 10.5. The van der Waals surface area contributed by atoms with Crippen LogP contribution in [-0.2, 0) is 9.53 Å². The van der Waals surface area contributed by atoms with E-state index in [1.54, 1.807) is 54.6 Å². The predicted octanol–water partition coefficient (Wildman–Crippen LogP) is 3.34. The molecule has 2 rings (SSSR count). The van der Waals surface area contributed by atoms with Crippen LogP contribution in [-0.4, -0.2) is 37.5 Å². The lowest BCUT2D eigenvalue weighted by atomic mass is 10.2. The van der Waals surface area contributed by atoms with Crippen molar-refractivity contribution in [3.05, 3.63) is 65.2 Å². The van der Waals surface area contributed by atoms with Gasteiger partial charge in [0.25, 0.3) is 0 Å². The molecule has 0 saturated carbocycles. The summed E-state index contributed by atoms with van der Waals surface area (Å²) in [6, 6.07) is 14.0. The zero-order valence-electron chi connectivity index (χ0n) is 13.7. The second-order valence-electron chi connectivity index (χ2n) is 5.16. The number of aliphatic hydroxyl groups is 1. The Kier molecular flexibility index (Phi) is 7.32. The van der Waals surface area contributed by atoms with E-state index < -0.39 is 12.1 Å². The summed E-state index contributed by atoms with van der Waals surface area (Å²) in [7, 11) is 1.32. The van der Waals surface area contributed by atoms with E-state index >= 15 is 0 Å². The largest absolute Gasteiger partial charge is 0.491 e. The van der Waals surface area contributed by atoms with Gasteiger partial charge < -0.3 is 19.3 Å². The van der Waals surface area contributed by atoms with E-state index in [1.165, 1.54) is 13.2 Å². The number of ether oxygens (including phenoxy) is 3. The predicted molar refractivity (Wildman–Crippen MR) is 95.9 cm³/mol. The zero-order valence-corrected chi connectivity index (χ0v) is 14.5. The summed E-state index contributed by atoms with van der Waals surface area (Å²) in [5.41, 5.74) is 0.837. The minimum atomic E-state index is -0.769. The Morgan fingerprint density at radius 3 is 2.08 bits per heavy atom. The van der Waals surface area contributed by atoms with Crippen LogP contribution >= 0.6 is 11.6 Å². The topological polar surface area (TPSA) is 65.0 Å². The first-order chi connectivity index (χ1) is 12.1. The minimum absolute atomic E-state index is 0.102. The lowest BCUT2D eigenvalue weighted by Gasteiger charge is -2.13. The number of aliphatic hydroxyl groups excluding tert-OH is 1. The van der Waals surface area contributed by atoms with Crippen LogP contribution in [0.3, 0.4) is 0 Å². The number of carbonyl (C=O) groups is 1. The molecule has 0 saturated heterocycles. The zero-order chi connectivity index (χ0) is 18.1. The van der Waals surface area contributed by atoms with E-state index in [-0.39, 0.29) is 13.2 Å². The first-order valence-corrected chi connectivity index (χ1v) is 8.00. The molecule has 0 spiro atoms. The fourth-order valence-corrected chi connectivity index (χ4v) is 2.00. The summed E-state index contributed by atoms with van der Waals surface area (Å²) in [4.78, 5) is 11.0. The summed E-state index contributed by atoms with van der Waals surface area (Å²) in [6.45, 7) is 0.215. The SMILES string of the molecule is COC(=O)C=Cc1ccc(OCC(O)COc2ccc(Cl)cc2)cc1. The molecule has 0 bridgehead atoms. The molecule has 25 heavy (non-hydrogen) atoms. The molecule has 1 atom stereocenters. The van der Waals surface area contributed by atoms with Gasteiger partial charge in [-0.2, -0.15) is 0 Å². The Morgan fingerprint density at radius 1 is 1.04 bits per heavy atom. The van der Waals surface area contributed by atoms with E-state index in [0.29, 0.717) is 16.5 Å². The molecule has 0 radical (unpaired) electrons. The van der Waals surface area contributed by atoms with Gasteiger partial charge in [0.05, 0.1) is 7.11 Å². The smallest absolute Gasteiger partial charge is 0.330 e. The number of hydrogen-bond donors (Lipinski definition) is 1. The van der Waals surface area contributed by atoms with E-state index in [0.717, 1.165) is 5.56 Å².